The first-order chi connectivity index (χ1) is 13.4. The number of rotatable bonds is 8. The Hall–Kier alpha value is -2.42. The topological polar surface area (TPSA) is 95.7 Å². The highest BCUT2D eigenvalue weighted by atomic mass is 79.9. The van der Waals surface area contributed by atoms with E-state index in [2.05, 4.69) is 31.5 Å². The maximum absolute atomic E-state index is 12.0. The summed E-state index contributed by atoms with van der Waals surface area (Å²) in [5.74, 6) is -1.06. The van der Waals surface area contributed by atoms with Crippen LogP contribution in [0, 0.1) is 0 Å². The van der Waals surface area contributed by atoms with Gasteiger partial charge in [0.25, 0.3) is 0 Å². The number of carboxylic acid groups (broad SMARTS) is 1. The molecular formula is C19H18BrClN4O3. The Morgan fingerprint density at radius 3 is 2.71 bits per heavy atom. The number of anilines is 1. The van der Waals surface area contributed by atoms with Gasteiger partial charge in [-0.3, -0.25) is 4.79 Å². The number of hydrogen-bond acceptors (Lipinski definition) is 4. The second kappa shape index (κ2) is 9.18. The van der Waals surface area contributed by atoms with Crippen molar-refractivity contribution in [2.24, 2.45) is 0 Å². The van der Waals surface area contributed by atoms with Crippen LogP contribution in [0.15, 0.2) is 47.2 Å². The van der Waals surface area contributed by atoms with Gasteiger partial charge in [-0.25, -0.2) is 9.78 Å². The minimum absolute atomic E-state index is 0.0612. The Bertz CT molecular complexity index is 1000. The molecule has 9 heteroatoms. The number of aromatic nitrogens is 2. The number of pyridine rings is 1. The van der Waals surface area contributed by atoms with Crippen molar-refractivity contribution in [3.05, 3.63) is 63.5 Å². The van der Waals surface area contributed by atoms with Crippen LogP contribution < -0.4 is 10.6 Å². The fourth-order valence-corrected chi connectivity index (χ4v) is 3.36. The molecule has 0 aliphatic heterocycles. The summed E-state index contributed by atoms with van der Waals surface area (Å²) < 4.78 is 2.37. The third-order valence-electron chi connectivity index (χ3n) is 4.08. The fourth-order valence-electron chi connectivity index (χ4n) is 2.69. The van der Waals surface area contributed by atoms with Crippen molar-refractivity contribution in [1.29, 1.82) is 0 Å². The molecule has 3 aromatic rings. The Labute approximate surface area is 174 Å². The highest BCUT2D eigenvalue weighted by Crippen LogP contribution is 2.20. The van der Waals surface area contributed by atoms with Crippen LogP contribution in [0.2, 0.25) is 5.02 Å². The van der Waals surface area contributed by atoms with E-state index in [0.29, 0.717) is 46.8 Å². The normalized spacial score (nSPS) is 10.9. The molecule has 0 aliphatic carbocycles. The van der Waals surface area contributed by atoms with Crippen LogP contribution in [0.5, 0.6) is 0 Å². The van der Waals surface area contributed by atoms with Crippen LogP contribution in [-0.4, -0.2) is 32.9 Å². The summed E-state index contributed by atoms with van der Waals surface area (Å²) in [5.41, 5.74) is 2.39. The highest BCUT2D eigenvalue weighted by Gasteiger charge is 2.12. The summed E-state index contributed by atoms with van der Waals surface area (Å²) in [4.78, 5) is 27.5. The minimum Gasteiger partial charge on any atom is -0.478 e. The van der Waals surface area contributed by atoms with E-state index in [0.717, 1.165) is 5.69 Å². The molecule has 2 heterocycles. The van der Waals surface area contributed by atoms with Crippen LogP contribution in [0.25, 0.3) is 5.65 Å². The van der Waals surface area contributed by atoms with Crippen LogP contribution >= 0.6 is 27.5 Å². The van der Waals surface area contributed by atoms with E-state index >= 15 is 0 Å². The molecule has 146 valence electrons. The summed E-state index contributed by atoms with van der Waals surface area (Å²) in [6.07, 6.45) is 4.30. The van der Waals surface area contributed by atoms with Crippen molar-refractivity contribution in [3.8, 4) is 0 Å². The molecule has 3 N–H and O–H groups in total. The van der Waals surface area contributed by atoms with Crippen molar-refractivity contribution in [2.75, 3.05) is 11.9 Å². The number of imidazole rings is 1. The lowest BCUT2D eigenvalue weighted by atomic mass is 10.2. The summed E-state index contributed by atoms with van der Waals surface area (Å²) in [7, 11) is 0. The largest absolute Gasteiger partial charge is 0.478 e. The fraction of sp³-hybridized carbons (Fsp3) is 0.211. The lowest BCUT2D eigenvalue weighted by molar-refractivity contribution is -0.116. The third-order valence-corrected chi connectivity index (χ3v) is 4.91. The zero-order valence-electron chi connectivity index (χ0n) is 14.8. The van der Waals surface area contributed by atoms with Gasteiger partial charge in [0.15, 0.2) is 5.65 Å². The molecule has 0 unspecified atom stereocenters. The Morgan fingerprint density at radius 1 is 1.25 bits per heavy atom. The van der Waals surface area contributed by atoms with Crippen LogP contribution in [-0.2, 0) is 11.3 Å². The number of carbonyl (C=O) groups excluding carboxylic acids is 1. The van der Waals surface area contributed by atoms with Gasteiger partial charge in [-0.15, -0.1) is 0 Å². The first kappa shape index (κ1) is 20.3. The van der Waals surface area contributed by atoms with Crippen LogP contribution in [0.4, 0.5) is 5.69 Å². The second-order valence-electron chi connectivity index (χ2n) is 6.16. The maximum atomic E-state index is 12.0. The molecule has 0 fully saturated rings. The monoisotopic (exact) mass is 464 g/mol. The molecule has 28 heavy (non-hydrogen) atoms. The first-order valence-corrected chi connectivity index (χ1v) is 9.76. The minimum atomic E-state index is -0.998. The molecule has 2 aromatic heterocycles. The van der Waals surface area contributed by atoms with E-state index in [9.17, 15) is 14.7 Å². The molecule has 0 aliphatic rings. The van der Waals surface area contributed by atoms with Gasteiger partial charge in [-0.1, -0.05) is 11.6 Å². The molecule has 0 bridgehead atoms. The number of fused-ring (bicyclic) bond motifs is 1. The number of halogens is 2. The van der Waals surface area contributed by atoms with E-state index in [4.69, 9.17) is 11.6 Å². The molecule has 0 saturated carbocycles. The smallest absolute Gasteiger partial charge is 0.337 e. The van der Waals surface area contributed by atoms with Gasteiger partial charge in [0.1, 0.15) is 0 Å². The SMILES string of the molecule is O=C(CCCNCc1cnc2c(Br)cc(C(=O)O)cn12)Nc1ccc(Cl)cc1. The molecule has 0 saturated heterocycles. The average molecular weight is 466 g/mol. The number of benzene rings is 1. The van der Waals surface area contributed by atoms with Crippen LogP contribution in [0.1, 0.15) is 28.9 Å². The third kappa shape index (κ3) is 5.09. The quantitative estimate of drug-likeness (QED) is 0.438. The van der Waals surface area contributed by atoms with E-state index in [1.165, 1.54) is 6.07 Å². The number of nitrogens with zero attached hydrogens (tertiary/aromatic N) is 2. The van der Waals surface area contributed by atoms with Crippen molar-refractivity contribution in [1.82, 2.24) is 14.7 Å². The zero-order chi connectivity index (χ0) is 20.1. The number of amides is 1. The lowest BCUT2D eigenvalue weighted by Gasteiger charge is -2.07. The van der Waals surface area contributed by atoms with E-state index in [-0.39, 0.29) is 11.5 Å². The Balaban J connectivity index is 1.48. The molecule has 0 atom stereocenters. The van der Waals surface area contributed by atoms with Crippen LogP contribution in [0.3, 0.4) is 0 Å². The van der Waals surface area contributed by atoms with Gasteiger partial charge in [0.2, 0.25) is 5.91 Å². The van der Waals surface area contributed by atoms with Gasteiger partial charge in [0, 0.05) is 29.9 Å². The van der Waals surface area contributed by atoms with E-state index in [1.54, 1.807) is 41.1 Å². The van der Waals surface area contributed by atoms with Crippen molar-refractivity contribution in [2.45, 2.75) is 19.4 Å². The summed E-state index contributed by atoms with van der Waals surface area (Å²) in [6.45, 7) is 1.15. The lowest BCUT2D eigenvalue weighted by Crippen LogP contribution is -2.19. The molecule has 3 rings (SSSR count). The van der Waals surface area contributed by atoms with Gasteiger partial charge in [-0.05, 0) is 59.2 Å². The highest BCUT2D eigenvalue weighted by molar-refractivity contribution is 9.10. The number of carboxylic acids is 1. The summed E-state index contributed by atoms with van der Waals surface area (Å²) >= 11 is 9.17. The maximum Gasteiger partial charge on any atom is 0.337 e. The molecule has 1 aromatic carbocycles. The molecule has 0 spiro atoms. The second-order valence-corrected chi connectivity index (χ2v) is 7.45. The number of aromatic carboxylic acids is 1. The molecule has 7 nitrogen and oxygen atoms in total. The van der Waals surface area contributed by atoms with Gasteiger partial charge >= 0.3 is 5.97 Å². The summed E-state index contributed by atoms with van der Waals surface area (Å²) in [5, 5.41) is 15.9. The van der Waals surface area contributed by atoms with Crippen molar-refractivity contribution < 1.29 is 14.7 Å². The van der Waals surface area contributed by atoms with E-state index in [1.807, 2.05) is 0 Å². The summed E-state index contributed by atoms with van der Waals surface area (Å²) in [6, 6.07) is 8.49. The predicted molar refractivity (Wildman–Crippen MR) is 111 cm³/mol. The van der Waals surface area contributed by atoms with Gasteiger partial charge < -0.3 is 20.1 Å². The zero-order valence-corrected chi connectivity index (χ0v) is 17.1. The average Bonchev–Trinajstić information content (AvgIpc) is 3.07. The molecular weight excluding hydrogens is 448 g/mol. The van der Waals surface area contributed by atoms with Gasteiger partial charge in [0.05, 0.1) is 21.9 Å². The molecule has 1 amide bonds. The molecule has 0 radical (unpaired) electrons. The number of hydrogen-bond donors (Lipinski definition) is 3. The van der Waals surface area contributed by atoms with E-state index < -0.39 is 5.97 Å². The number of nitrogens with one attached hydrogen (secondary N) is 2. The Kier molecular flexibility index (Phi) is 6.66. The first-order valence-electron chi connectivity index (χ1n) is 8.59. The van der Waals surface area contributed by atoms with Gasteiger partial charge in [-0.2, -0.15) is 0 Å². The predicted octanol–water partition coefficient (Wildman–Crippen LogP) is 3.96. The standard InChI is InChI=1S/C19H18BrClN4O3/c20-16-8-12(19(27)28)11-25-15(10-23-18(16)25)9-22-7-1-2-17(26)24-14-5-3-13(21)4-6-14/h3-6,8,10-11,22H,1-2,7,9H2,(H,24,26)(H,27,28). The number of carbonyl (C=O) groups is 2. The Morgan fingerprint density at radius 2 is 2.00 bits per heavy atom. The van der Waals surface area contributed by atoms with Crippen molar-refractivity contribution in [3.63, 3.8) is 0 Å². The van der Waals surface area contributed by atoms with Crippen molar-refractivity contribution >= 4 is 50.7 Å².